The number of ether oxygens (including phenoxy) is 3. The molecule has 0 spiro atoms. The molecule has 0 aliphatic carbocycles. The third-order valence-corrected chi connectivity index (χ3v) is 4.16. The van der Waals surface area contributed by atoms with E-state index < -0.39 is 40.7 Å². The minimum absolute atomic E-state index is 0.0596. The van der Waals surface area contributed by atoms with Crippen molar-refractivity contribution in [3.8, 4) is 11.5 Å². The third kappa shape index (κ3) is 5.03. The molecule has 1 aromatic heterocycles. The number of esters is 1. The number of nitrogens with one attached hydrogen (secondary N) is 1. The van der Waals surface area contributed by atoms with E-state index in [0.29, 0.717) is 16.8 Å². The smallest absolute Gasteiger partial charge is 0.417 e. The molecule has 0 unspecified atom stereocenters. The van der Waals surface area contributed by atoms with Crippen molar-refractivity contribution in [2.45, 2.75) is 12.7 Å². The van der Waals surface area contributed by atoms with E-state index in [2.05, 4.69) is 10.1 Å². The number of rotatable bonds is 6. The van der Waals surface area contributed by atoms with Gasteiger partial charge < -0.3 is 24.1 Å². The zero-order chi connectivity index (χ0) is 22.6. The summed E-state index contributed by atoms with van der Waals surface area (Å²) in [6, 6.07) is 3.00. The molecule has 0 saturated heterocycles. The molecule has 162 valence electrons. The Kier molecular flexibility index (Phi) is 6.98. The van der Waals surface area contributed by atoms with Gasteiger partial charge in [0.2, 0.25) is 5.91 Å². The van der Waals surface area contributed by atoms with Crippen molar-refractivity contribution in [2.24, 2.45) is 0 Å². The van der Waals surface area contributed by atoms with Crippen LogP contribution >= 0.6 is 11.6 Å². The molecule has 1 N–H and O–H groups in total. The molecule has 2 aromatic rings. The van der Waals surface area contributed by atoms with Crippen molar-refractivity contribution in [1.29, 1.82) is 0 Å². The van der Waals surface area contributed by atoms with Gasteiger partial charge in [0.05, 0.1) is 38.1 Å². The molecule has 0 radical (unpaired) electrons. The van der Waals surface area contributed by atoms with Crippen molar-refractivity contribution in [2.75, 3.05) is 26.6 Å². The average molecular weight is 449 g/mol. The second-order valence-corrected chi connectivity index (χ2v) is 6.21. The summed E-state index contributed by atoms with van der Waals surface area (Å²) in [5.74, 6) is -1.37. The van der Waals surface area contributed by atoms with E-state index in [1.54, 1.807) is 0 Å². The maximum atomic E-state index is 12.9. The van der Waals surface area contributed by atoms with Crippen LogP contribution in [0.5, 0.6) is 11.5 Å². The van der Waals surface area contributed by atoms with Crippen molar-refractivity contribution in [3.05, 3.63) is 50.9 Å². The Labute approximate surface area is 173 Å². The Morgan fingerprint density at radius 2 is 1.70 bits per heavy atom. The first-order valence-electron chi connectivity index (χ1n) is 8.13. The van der Waals surface area contributed by atoms with Crippen molar-refractivity contribution < 1.29 is 37.0 Å². The van der Waals surface area contributed by atoms with Crippen LogP contribution in [0.3, 0.4) is 0 Å². The van der Waals surface area contributed by atoms with Gasteiger partial charge in [-0.2, -0.15) is 13.2 Å². The van der Waals surface area contributed by atoms with Crippen LogP contribution in [0.2, 0.25) is 5.02 Å². The molecule has 1 heterocycles. The fraction of sp³-hybridized carbons (Fsp3) is 0.278. The predicted octanol–water partition coefficient (Wildman–Crippen LogP) is 2.96. The lowest BCUT2D eigenvalue weighted by Crippen LogP contribution is -2.29. The first kappa shape index (κ1) is 23.1. The molecule has 0 bridgehead atoms. The van der Waals surface area contributed by atoms with Gasteiger partial charge in [-0.1, -0.05) is 11.6 Å². The summed E-state index contributed by atoms with van der Waals surface area (Å²) < 4.78 is 54.2. The Bertz CT molecular complexity index is 1040. The summed E-state index contributed by atoms with van der Waals surface area (Å²) in [5.41, 5.74) is -2.34. The van der Waals surface area contributed by atoms with Gasteiger partial charge in [0.25, 0.3) is 5.56 Å². The molecule has 8 nitrogen and oxygen atoms in total. The van der Waals surface area contributed by atoms with E-state index in [1.807, 2.05) is 0 Å². The van der Waals surface area contributed by atoms with Crippen LogP contribution in [-0.2, 0) is 22.3 Å². The van der Waals surface area contributed by atoms with Crippen LogP contribution in [0.15, 0.2) is 29.2 Å². The van der Waals surface area contributed by atoms with Gasteiger partial charge in [-0.3, -0.25) is 9.59 Å². The monoisotopic (exact) mass is 448 g/mol. The largest absolute Gasteiger partial charge is 0.493 e. The van der Waals surface area contributed by atoms with Crippen LogP contribution in [0, 0.1) is 0 Å². The number of carbonyl (C=O) groups is 2. The Balaban J connectivity index is 2.40. The summed E-state index contributed by atoms with van der Waals surface area (Å²) in [6.45, 7) is -0.794. The van der Waals surface area contributed by atoms with Crippen LogP contribution in [0.1, 0.15) is 15.9 Å². The van der Waals surface area contributed by atoms with E-state index in [-0.39, 0.29) is 22.7 Å². The van der Waals surface area contributed by atoms with Crippen LogP contribution in [0.25, 0.3) is 0 Å². The molecule has 0 aliphatic heterocycles. The van der Waals surface area contributed by atoms with E-state index >= 15 is 0 Å². The van der Waals surface area contributed by atoms with Crippen LogP contribution in [0.4, 0.5) is 18.9 Å². The topological polar surface area (TPSA) is 95.9 Å². The molecule has 0 saturated carbocycles. The van der Waals surface area contributed by atoms with Crippen LogP contribution in [-0.4, -0.2) is 37.8 Å². The number of carbonyl (C=O) groups excluding carboxylic acids is 2. The van der Waals surface area contributed by atoms with Gasteiger partial charge in [-0.05, 0) is 6.07 Å². The Hall–Kier alpha value is -3.21. The molecule has 1 aromatic carbocycles. The van der Waals surface area contributed by atoms with Crippen molar-refractivity contribution in [1.82, 2.24) is 4.57 Å². The maximum Gasteiger partial charge on any atom is 0.417 e. The highest BCUT2D eigenvalue weighted by molar-refractivity contribution is 6.30. The predicted molar refractivity (Wildman–Crippen MR) is 100 cm³/mol. The molecule has 30 heavy (non-hydrogen) atoms. The molecular weight excluding hydrogens is 433 g/mol. The van der Waals surface area contributed by atoms with E-state index in [0.717, 1.165) is 7.11 Å². The lowest BCUT2D eigenvalue weighted by Gasteiger charge is -2.15. The fourth-order valence-corrected chi connectivity index (χ4v) is 2.70. The first-order valence-corrected chi connectivity index (χ1v) is 8.51. The molecule has 1 amide bonds. The first-order chi connectivity index (χ1) is 14.0. The maximum absolute atomic E-state index is 12.9. The Morgan fingerprint density at radius 3 is 2.23 bits per heavy atom. The van der Waals surface area contributed by atoms with Gasteiger partial charge in [0, 0.05) is 18.3 Å². The molecule has 12 heteroatoms. The number of methoxy groups -OCH3 is 3. The van der Waals surface area contributed by atoms with Gasteiger partial charge in [0.15, 0.2) is 11.5 Å². The molecule has 2 rings (SSSR count). The van der Waals surface area contributed by atoms with E-state index in [4.69, 9.17) is 21.1 Å². The number of benzene rings is 1. The number of alkyl halides is 3. The second kappa shape index (κ2) is 9.08. The number of aromatic nitrogens is 1. The third-order valence-electron chi connectivity index (χ3n) is 3.89. The number of anilines is 1. The van der Waals surface area contributed by atoms with Gasteiger partial charge >= 0.3 is 12.1 Å². The number of nitrogens with zero attached hydrogens (tertiary/aromatic N) is 1. The number of amides is 1. The van der Waals surface area contributed by atoms with Crippen molar-refractivity contribution in [3.63, 3.8) is 0 Å². The highest BCUT2D eigenvalue weighted by Crippen LogP contribution is 2.34. The minimum Gasteiger partial charge on any atom is -0.493 e. The normalized spacial score (nSPS) is 11.0. The Morgan fingerprint density at radius 1 is 1.10 bits per heavy atom. The van der Waals surface area contributed by atoms with E-state index in [9.17, 15) is 27.6 Å². The summed E-state index contributed by atoms with van der Waals surface area (Å²) in [7, 11) is 3.78. The number of pyridine rings is 1. The molecule has 0 atom stereocenters. The highest BCUT2D eigenvalue weighted by Gasteiger charge is 2.32. The number of halogens is 4. The van der Waals surface area contributed by atoms with Crippen molar-refractivity contribution >= 4 is 29.2 Å². The van der Waals surface area contributed by atoms with Crippen LogP contribution < -0.4 is 20.3 Å². The van der Waals surface area contributed by atoms with E-state index in [1.165, 1.54) is 26.4 Å². The van der Waals surface area contributed by atoms with Gasteiger partial charge in [-0.25, -0.2) is 4.79 Å². The second-order valence-electron chi connectivity index (χ2n) is 5.80. The summed E-state index contributed by atoms with van der Waals surface area (Å²) in [5, 5.41) is 1.65. The summed E-state index contributed by atoms with van der Waals surface area (Å²) >= 11 is 5.57. The summed E-state index contributed by atoms with van der Waals surface area (Å²) in [4.78, 5) is 36.4. The molecular formula is C18H16ClF3N2O6. The quantitative estimate of drug-likeness (QED) is 0.683. The number of hydrogen-bond donors (Lipinski definition) is 1. The lowest BCUT2D eigenvalue weighted by atomic mass is 10.1. The SMILES string of the molecule is COC(=O)c1cc(OC)c(OC)cc1NC(=O)Cn1cc(C(F)(F)F)cc(Cl)c1=O. The zero-order valence-electron chi connectivity index (χ0n) is 15.9. The number of hydrogen-bond acceptors (Lipinski definition) is 6. The molecule has 0 aliphatic rings. The lowest BCUT2D eigenvalue weighted by molar-refractivity contribution is -0.138. The average Bonchev–Trinajstić information content (AvgIpc) is 2.69. The molecule has 0 fully saturated rings. The zero-order valence-corrected chi connectivity index (χ0v) is 16.7. The minimum atomic E-state index is -4.77. The standard InChI is InChI=1S/C18H16ClF3N2O6/c1-28-13-5-10(17(27)30-3)12(6-14(13)29-2)23-15(25)8-24-7-9(18(20,21)22)4-11(19)16(24)26/h4-7H,8H2,1-3H3,(H,23,25). The van der Waals surface area contributed by atoms with Gasteiger partial charge in [-0.15, -0.1) is 0 Å². The summed E-state index contributed by atoms with van der Waals surface area (Å²) in [6.07, 6.45) is -4.29. The highest BCUT2D eigenvalue weighted by atomic mass is 35.5. The van der Waals surface area contributed by atoms with Gasteiger partial charge in [0.1, 0.15) is 11.6 Å². The fourth-order valence-electron chi connectivity index (χ4n) is 2.48.